The van der Waals surface area contributed by atoms with E-state index in [1.54, 1.807) is 0 Å². The van der Waals surface area contributed by atoms with E-state index in [0.29, 0.717) is 6.41 Å². The van der Waals surface area contributed by atoms with Gasteiger partial charge in [0.2, 0.25) is 10.2 Å². The lowest BCUT2D eigenvalue weighted by Gasteiger charge is -2.26. The highest BCUT2D eigenvalue weighted by Crippen LogP contribution is 2.28. The van der Waals surface area contributed by atoms with Gasteiger partial charge in [-0.2, -0.15) is 0 Å². The summed E-state index contributed by atoms with van der Waals surface area (Å²) in [6, 6.07) is 7.60. The second-order valence-corrected chi connectivity index (χ2v) is 6.50. The molecule has 8 heteroatoms. The van der Waals surface area contributed by atoms with Crippen LogP contribution in [0.5, 0.6) is 0 Å². The van der Waals surface area contributed by atoms with Crippen LogP contribution in [0.4, 0.5) is 5.69 Å². The van der Waals surface area contributed by atoms with Gasteiger partial charge in [-0.05, 0) is 36.8 Å². The Morgan fingerprint density at radius 3 is 2.63 bits per heavy atom. The van der Waals surface area contributed by atoms with Crippen molar-refractivity contribution in [2.75, 3.05) is 5.32 Å². The van der Waals surface area contributed by atoms with Crippen molar-refractivity contribution in [1.82, 2.24) is 10.6 Å². The topological polar surface area (TPSA) is 53.2 Å². The highest BCUT2D eigenvalue weighted by atomic mass is 35.6. The molecule has 4 nitrogen and oxygen atoms in total. The molecular weight excluding hydrogens is 329 g/mol. The van der Waals surface area contributed by atoms with E-state index in [9.17, 15) is 4.79 Å². The van der Waals surface area contributed by atoms with Crippen molar-refractivity contribution in [3.63, 3.8) is 0 Å². The Labute approximate surface area is 131 Å². The summed E-state index contributed by atoms with van der Waals surface area (Å²) in [5.41, 5.74) is 1.88. The Balaban J connectivity index is 2.65. The van der Waals surface area contributed by atoms with Crippen LogP contribution in [-0.4, -0.2) is 21.5 Å². The summed E-state index contributed by atoms with van der Waals surface area (Å²) in [4.78, 5) is 10.5. The van der Waals surface area contributed by atoms with Crippen LogP contribution in [0.1, 0.15) is 5.56 Å². The predicted molar refractivity (Wildman–Crippen MR) is 83.8 cm³/mol. The molecule has 1 atom stereocenters. The molecule has 0 saturated heterocycles. The minimum Gasteiger partial charge on any atom is -0.339 e. The van der Waals surface area contributed by atoms with Crippen molar-refractivity contribution in [3.8, 4) is 0 Å². The summed E-state index contributed by atoms with van der Waals surface area (Å²) < 4.78 is -1.72. The average Bonchev–Trinajstić information content (AvgIpc) is 2.27. The van der Waals surface area contributed by atoms with Crippen molar-refractivity contribution in [2.45, 2.75) is 16.9 Å². The summed E-state index contributed by atoms with van der Waals surface area (Å²) >= 11 is 22.2. The third-order valence-corrected chi connectivity index (χ3v) is 2.99. The first-order valence-electron chi connectivity index (χ1n) is 5.23. The average molecular weight is 341 g/mol. The van der Waals surface area contributed by atoms with Gasteiger partial charge in [0.05, 0.1) is 0 Å². The van der Waals surface area contributed by atoms with Crippen LogP contribution < -0.4 is 16.0 Å². The molecule has 0 bridgehead atoms. The lowest BCUT2D eigenvalue weighted by Crippen LogP contribution is -2.53. The largest absolute Gasteiger partial charge is 0.339 e. The molecule has 1 aromatic carbocycles. The third-order valence-electron chi connectivity index (χ3n) is 2.11. The van der Waals surface area contributed by atoms with Crippen LogP contribution in [-0.2, 0) is 4.79 Å². The van der Waals surface area contributed by atoms with Gasteiger partial charge in [-0.25, -0.2) is 0 Å². The summed E-state index contributed by atoms with van der Waals surface area (Å²) in [6.07, 6.45) is -0.505. The molecule has 0 aliphatic rings. The summed E-state index contributed by atoms with van der Waals surface area (Å²) in [6.45, 7) is 1.96. The van der Waals surface area contributed by atoms with E-state index >= 15 is 0 Å². The molecule has 3 N–H and O–H groups in total. The van der Waals surface area contributed by atoms with Gasteiger partial charge in [-0.3, -0.25) is 4.79 Å². The van der Waals surface area contributed by atoms with Crippen LogP contribution in [0.25, 0.3) is 0 Å². The first kappa shape index (κ1) is 16.3. The van der Waals surface area contributed by atoms with Gasteiger partial charge in [0.25, 0.3) is 0 Å². The Bertz CT molecular complexity index is 465. The first-order chi connectivity index (χ1) is 8.82. The molecule has 0 fully saturated rings. The Hall–Kier alpha value is -0.750. The van der Waals surface area contributed by atoms with E-state index in [1.165, 1.54) is 0 Å². The molecule has 1 unspecified atom stereocenters. The quantitative estimate of drug-likeness (QED) is 0.341. The Kier molecular flexibility index (Phi) is 6.13. The number of hydrogen-bond acceptors (Lipinski definition) is 2. The number of carbonyl (C=O) groups excluding carboxylic acids is 1. The number of alkyl halides is 3. The second-order valence-electron chi connectivity index (χ2n) is 3.73. The second kappa shape index (κ2) is 7.14. The van der Waals surface area contributed by atoms with E-state index < -0.39 is 9.96 Å². The molecule has 19 heavy (non-hydrogen) atoms. The fourth-order valence-corrected chi connectivity index (χ4v) is 1.90. The smallest absolute Gasteiger partial charge is 0.228 e. The first-order valence-corrected chi connectivity index (χ1v) is 6.77. The number of halogens is 3. The summed E-state index contributed by atoms with van der Waals surface area (Å²) in [5, 5.41) is 8.21. The number of hydrogen-bond donors (Lipinski definition) is 3. The summed E-state index contributed by atoms with van der Waals surface area (Å²) in [7, 11) is 0. The van der Waals surface area contributed by atoms with E-state index in [4.69, 9.17) is 47.0 Å². The number of benzene rings is 1. The number of amides is 1. The molecule has 0 aliphatic carbocycles. The third kappa shape index (κ3) is 5.82. The standard InChI is InChI=1S/C11H12Cl3N3OS/c1-7-3-2-4-8(5-7)16-10(19)17-9(15-6-18)11(12,13)14/h2-6,9H,1H3,(H,15,18)(H2,16,17,19). The van der Waals surface area contributed by atoms with Crippen molar-refractivity contribution in [3.05, 3.63) is 29.8 Å². The van der Waals surface area contributed by atoms with Crippen LogP contribution in [0.3, 0.4) is 0 Å². The number of rotatable bonds is 4. The number of thiocarbonyl (C=S) groups is 1. The van der Waals surface area contributed by atoms with Crippen molar-refractivity contribution >= 4 is 64.2 Å². The minimum atomic E-state index is -1.72. The molecule has 1 amide bonds. The molecular formula is C11H12Cl3N3OS. The monoisotopic (exact) mass is 339 g/mol. The SMILES string of the molecule is Cc1cccc(NC(=S)NC(NC=O)C(Cl)(Cl)Cl)c1. The van der Waals surface area contributed by atoms with Crippen molar-refractivity contribution in [2.24, 2.45) is 0 Å². The normalized spacial score (nSPS) is 12.4. The van der Waals surface area contributed by atoms with Crippen LogP contribution >= 0.6 is 47.0 Å². The fourth-order valence-electron chi connectivity index (χ4n) is 1.31. The van der Waals surface area contributed by atoms with E-state index in [2.05, 4.69) is 16.0 Å². The van der Waals surface area contributed by atoms with Crippen LogP contribution in [0.2, 0.25) is 0 Å². The lowest BCUT2D eigenvalue weighted by molar-refractivity contribution is -0.110. The maximum absolute atomic E-state index is 10.5. The molecule has 0 saturated carbocycles. The maximum Gasteiger partial charge on any atom is 0.228 e. The number of carbonyl (C=O) groups is 1. The number of anilines is 1. The Morgan fingerprint density at radius 1 is 1.42 bits per heavy atom. The molecule has 1 rings (SSSR count). The highest BCUT2D eigenvalue weighted by Gasteiger charge is 2.32. The van der Waals surface area contributed by atoms with E-state index in [-0.39, 0.29) is 5.11 Å². The predicted octanol–water partition coefficient (Wildman–Crippen LogP) is 2.72. The maximum atomic E-state index is 10.5. The van der Waals surface area contributed by atoms with Gasteiger partial charge >= 0.3 is 0 Å². The molecule has 0 heterocycles. The van der Waals surface area contributed by atoms with Crippen molar-refractivity contribution < 1.29 is 4.79 Å². The van der Waals surface area contributed by atoms with Gasteiger partial charge in [-0.15, -0.1) is 0 Å². The van der Waals surface area contributed by atoms with Gasteiger partial charge < -0.3 is 16.0 Å². The highest BCUT2D eigenvalue weighted by molar-refractivity contribution is 7.80. The van der Waals surface area contributed by atoms with Crippen molar-refractivity contribution in [1.29, 1.82) is 0 Å². The fraction of sp³-hybridized carbons (Fsp3) is 0.273. The Morgan fingerprint density at radius 2 is 2.11 bits per heavy atom. The van der Waals surface area contributed by atoms with Gasteiger partial charge in [0.15, 0.2) is 5.11 Å². The zero-order valence-electron chi connectivity index (χ0n) is 9.91. The zero-order valence-corrected chi connectivity index (χ0v) is 13.0. The van der Waals surface area contributed by atoms with Gasteiger partial charge in [0.1, 0.15) is 6.17 Å². The zero-order chi connectivity index (χ0) is 14.5. The van der Waals surface area contributed by atoms with Crippen LogP contribution in [0, 0.1) is 6.92 Å². The molecule has 0 aromatic heterocycles. The molecule has 0 aliphatic heterocycles. The minimum absolute atomic E-state index is 0.233. The lowest BCUT2D eigenvalue weighted by atomic mass is 10.2. The number of nitrogens with one attached hydrogen (secondary N) is 3. The van der Waals surface area contributed by atoms with Gasteiger partial charge in [-0.1, -0.05) is 46.9 Å². The van der Waals surface area contributed by atoms with E-state index in [0.717, 1.165) is 11.3 Å². The molecule has 0 spiro atoms. The van der Waals surface area contributed by atoms with Crippen LogP contribution in [0.15, 0.2) is 24.3 Å². The number of aryl methyl sites for hydroxylation is 1. The molecule has 104 valence electrons. The summed E-state index contributed by atoms with van der Waals surface area (Å²) in [5.74, 6) is 0. The molecule has 1 aromatic rings. The molecule has 0 radical (unpaired) electrons. The van der Waals surface area contributed by atoms with Gasteiger partial charge in [0, 0.05) is 5.69 Å². The van der Waals surface area contributed by atoms with E-state index in [1.807, 2.05) is 31.2 Å².